The van der Waals surface area contributed by atoms with E-state index in [0.717, 1.165) is 17.0 Å². The van der Waals surface area contributed by atoms with Crippen LogP contribution in [0.25, 0.3) is 11.3 Å². The van der Waals surface area contributed by atoms with Gasteiger partial charge in [0.2, 0.25) is 0 Å². The van der Waals surface area contributed by atoms with Crippen molar-refractivity contribution in [1.29, 1.82) is 0 Å². The van der Waals surface area contributed by atoms with Crippen LogP contribution in [0, 0.1) is 0 Å². The number of rotatable bonds is 6. The van der Waals surface area contributed by atoms with Gasteiger partial charge in [0.05, 0.1) is 11.4 Å². The van der Waals surface area contributed by atoms with E-state index in [4.69, 9.17) is 0 Å². The Bertz CT molecular complexity index is 886. The fourth-order valence-corrected chi connectivity index (χ4v) is 2.65. The molecule has 0 aliphatic carbocycles. The number of aryl methyl sites for hydroxylation is 1. The predicted molar refractivity (Wildman–Crippen MR) is 101 cm³/mol. The van der Waals surface area contributed by atoms with Crippen molar-refractivity contribution >= 4 is 5.91 Å². The molecule has 3 rings (SSSR count). The third-order valence-electron chi connectivity index (χ3n) is 4.13. The Kier molecular flexibility index (Phi) is 5.41. The highest BCUT2D eigenvalue weighted by Crippen LogP contribution is 2.16. The van der Waals surface area contributed by atoms with Crippen molar-refractivity contribution in [2.45, 2.75) is 26.2 Å². The van der Waals surface area contributed by atoms with E-state index < -0.39 is 0 Å². The van der Waals surface area contributed by atoms with Crippen LogP contribution in [0.2, 0.25) is 0 Å². The maximum absolute atomic E-state index is 12.4. The molecule has 0 bridgehead atoms. The molecule has 2 heterocycles. The number of hydrogen-bond donors (Lipinski definition) is 1. The minimum absolute atomic E-state index is 0.133. The van der Waals surface area contributed by atoms with Gasteiger partial charge < -0.3 is 5.32 Å². The number of amides is 1. The van der Waals surface area contributed by atoms with Gasteiger partial charge in [-0.25, -0.2) is 9.97 Å². The van der Waals surface area contributed by atoms with E-state index in [1.54, 1.807) is 17.9 Å². The summed E-state index contributed by atoms with van der Waals surface area (Å²) < 4.78 is 1.62. The van der Waals surface area contributed by atoms with Gasteiger partial charge >= 0.3 is 0 Å². The van der Waals surface area contributed by atoms with Crippen LogP contribution in [-0.4, -0.2) is 32.2 Å². The molecule has 134 valence electrons. The lowest BCUT2D eigenvalue weighted by molar-refractivity contribution is 0.0944. The summed E-state index contributed by atoms with van der Waals surface area (Å²) in [6.07, 6.45) is 2.32. The van der Waals surface area contributed by atoms with E-state index in [0.29, 0.717) is 24.5 Å². The first kappa shape index (κ1) is 17.8. The Hall–Kier alpha value is -3.02. The van der Waals surface area contributed by atoms with E-state index >= 15 is 0 Å². The smallest absolute Gasteiger partial charge is 0.269 e. The summed E-state index contributed by atoms with van der Waals surface area (Å²) in [6, 6.07) is 13.7. The first-order valence-corrected chi connectivity index (χ1v) is 8.74. The van der Waals surface area contributed by atoms with Crippen molar-refractivity contribution in [3.05, 3.63) is 65.9 Å². The summed E-state index contributed by atoms with van der Waals surface area (Å²) in [5.74, 6) is 0.863. The molecular formula is C20H23N5O. The summed E-state index contributed by atoms with van der Waals surface area (Å²) >= 11 is 0. The van der Waals surface area contributed by atoms with Gasteiger partial charge in [-0.3, -0.25) is 9.48 Å². The lowest BCUT2D eigenvalue weighted by atomic mass is 10.1. The molecule has 0 saturated carbocycles. The Morgan fingerprint density at radius 2 is 1.96 bits per heavy atom. The number of carbonyl (C=O) groups is 1. The monoisotopic (exact) mass is 349 g/mol. The van der Waals surface area contributed by atoms with Crippen LogP contribution < -0.4 is 5.32 Å². The SMILES string of the molecule is CC(C)c1cc(C(=O)NCCc2nccc(-c3ccccc3)n2)n(C)n1. The molecule has 1 N–H and O–H groups in total. The molecule has 0 atom stereocenters. The quantitative estimate of drug-likeness (QED) is 0.742. The maximum atomic E-state index is 12.4. The average molecular weight is 349 g/mol. The van der Waals surface area contributed by atoms with Gasteiger partial charge in [0.15, 0.2) is 0 Å². The summed E-state index contributed by atoms with van der Waals surface area (Å²) in [5.41, 5.74) is 3.41. The minimum atomic E-state index is -0.133. The number of hydrogen-bond acceptors (Lipinski definition) is 4. The third-order valence-corrected chi connectivity index (χ3v) is 4.13. The summed E-state index contributed by atoms with van der Waals surface area (Å²) in [4.78, 5) is 21.2. The molecule has 0 saturated heterocycles. The molecule has 3 aromatic rings. The van der Waals surface area contributed by atoms with Crippen LogP contribution >= 0.6 is 0 Å². The number of benzene rings is 1. The lowest BCUT2D eigenvalue weighted by Gasteiger charge is -2.06. The van der Waals surface area contributed by atoms with Crippen molar-refractivity contribution in [2.24, 2.45) is 7.05 Å². The first-order chi connectivity index (χ1) is 12.5. The topological polar surface area (TPSA) is 72.7 Å². The molecule has 0 aliphatic heterocycles. The third kappa shape index (κ3) is 4.14. The highest BCUT2D eigenvalue weighted by atomic mass is 16.2. The molecule has 6 nitrogen and oxygen atoms in total. The fourth-order valence-electron chi connectivity index (χ4n) is 2.65. The highest BCUT2D eigenvalue weighted by Gasteiger charge is 2.14. The van der Waals surface area contributed by atoms with Crippen molar-refractivity contribution in [3.63, 3.8) is 0 Å². The van der Waals surface area contributed by atoms with Gasteiger partial charge in [0.25, 0.3) is 5.91 Å². The van der Waals surface area contributed by atoms with E-state index in [1.807, 2.05) is 42.5 Å². The largest absolute Gasteiger partial charge is 0.350 e. The Labute approximate surface area is 153 Å². The van der Waals surface area contributed by atoms with Gasteiger partial charge in [-0.15, -0.1) is 0 Å². The van der Waals surface area contributed by atoms with Crippen LogP contribution in [0.3, 0.4) is 0 Å². The Balaban J connectivity index is 1.61. The van der Waals surface area contributed by atoms with Crippen LogP contribution in [0.15, 0.2) is 48.7 Å². The molecule has 0 fully saturated rings. The van der Waals surface area contributed by atoms with Crippen molar-refractivity contribution in [3.8, 4) is 11.3 Å². The summed E-state index contributed by atoms with van der Waals surface area (Å²) in [5, 5.41) is 7.29. The van der Waals surface area contributed by atoms with Crippen LogP contribution in [0.1, 0.15) is 41.8 Å². The molecule has 1 aromatic carbocycles. The molecule has 0 radical (unpaired) electrons. The average Bonchev–Trinajstić information content (AvgIpc) is 3.05. The van der Waals surface area contributed by atoms with Gasteiger partial charge in [-0.05, 0) is 18.1 Å². The Morgan fingerprint density at radius 1 is 1.19 bits per heavy atom. The normalized spacial score (nSPS) is 10.9. The summed E-state index contributed by atoms with van der Waals surface area (Å²) in [6.45, 7) is 4.58. The number of aromatic nitrogens is 4. The zero-order valence-corrected chi connectivity index (χ0v) is 15.3. The zero-order chi connectivity index (χ0) is 18.5. The number of carbonyl (C=O) groups excluding carboxylic acids is 1. The molecule has 26 heavy (non-hydrogen) atoms. The first-order valence-electron chi connectivity index (χ1n) is 8.74. The van der Waals surface area contributed by atoms with Gasteiger partial charge in [0.1, 0.15) is 11.5 Å². The standard InChI is InChI=1S/C20H23N5O/c1-14(2)17-13-18(25(3)24-17)20(26)22-12-10-19-21-11-9-16(23-19)15-7-5-4-6-8-15/h4-9,11,13-14H,10,12H2,1-3H3,(H,22,26). The molecule has 0 unspecified atom stereocenters. The van der Waals surface area contributed by atoms with Crippen molar-refractivity contribution in [2.75, 3.05) is 6.54 Å². The van der Waals surface area contributed by atoms with Gasteiger partial charge in [0, 0.05) is 31.8 Å². The minimum Gasteiger partial charge on any atom is -0.350 e. The van der Waals surface area contributed by atoms with E-state index in [1.165, 1.54) is 0 Å². The molecule has 6 heteroatoms. The summed E-state index contributed by atoms with van der Waals surface area (Å²) in [7, 11) is 1.78. The molecule has 1 amide bonds. The number of nitrogens with zero attached hydrogens (tertiary/aromatic N) is 4. The van der Waals surface area contributed by atoms with Gasteiger partial charge in [-0.2, -0.15) is 5.10 Å². The van der Waals surface area contributed by atoms with Crippen LogP contribution in [0.4, 0.5) is 0 Å². The van der Waals surface area contributed by atoms with Gasteiger partial charge in [-0.1, -0.05) is 44.2 Å². The molecule has 2 aromatic heterocycles. The van der Waals surface area contributed by atoms with Crippen LogP contribution in [-0.2, 0) is 13.5 Å². The van der Waals surface area contributed by atoms with Crippen LogP contribution in [0.5, 0.6) is 0 Å². The van der Waals surface area contributed by atoms with E-state index in [9.17, 15) is 4.79 Å². The Morgan fingerprint density at radius 3 is 2.65 bits per heavy atom. The second-order valence-corrected chi connectivity index (χ2v) is 6.46. The van der Waals surface area contributed by atoms with Crippen molar-refractivity contribution < 1.29 is 4.79 Å². The van der Waals surface area contributed by atoms with E-state index in [2.05, 4.69) is 34.2 Å². The van der Waals surface area contributed by atoms with Crippen molar-refractivity contribution in [1.82, 2.24) is 25.1 Å². The highest BCUT2D eigenvalue weighted by molar-refractivity contribution is 5.92. The molecular weight excluding hydrogens is 326 g/mol. The number of nitrogens with one attached hydrogen (secondary N) is 1. The lowest BCUT2D eigenvalue weighted by Crippen LogP contribution is -2.28. The maximum Gasteiger partial charge on any atom is 0.269 e. The second-order valence-electron chi connectivity index (χ2n) is 6.46. The second kappa shape index (κ2) is 7.91. The van der Waals surface area contributed by atoms with E-state index in [-0.39, 0.29) is 11.8 Å². The fraction of sp³-hybridized carbons (Fsp3) is 0.300. The molecule has 0 aliphatic rings. The predicted octanol–water partition coefficient (Wildman–Crippen LogP) is 2.97. The molecule has 0 spiro atoms. The zero-order valence-electron chi connectivity index (χ0n) is 15.3.